The molecule has 2 aromatic rings. The third-order valence-electron chi connectivity index (χ3n) is 3.64. The average Bonchev–Trinajstić information content (AvgIpc) is 2.90. The van der Waals surface area contributed by atoms with Crippen LogP contribution in [0.3, 0.4) is 0 Å². The van der Waals surface area contributed by atoms with E-state index in [0.29, 0.717) is 23.1 Å². The van der Waals surface area contributed by atoms with Crippen molar-refractivity contribution >= 4 is 34.8 Å². The van der Waals surface area contributed by atoms with E-state index in [2.05, 4.69) is 0 Å². The van der Waals surface area contributed by atoms with Gasteiger partial charge < -0.3 is 10.5 Å². The second-order valence-corrected chi connectivity index (χ2v) is 6.39. The van der Waals surface area contributed by atoms with Crippen molar-refractivity contribution < 1.29 is 4.74 Å². The molecule has 1 aliphatic heterocycles. The van der Waals surface area contributed by atoms with Crippen molar-refractivity contribution in [3.05, 3.63) is 62.1 Å². The van der Waals surface area contributed by atoms with E-state index in [1.807, 2.05) is 18.2 Å². The molecule has 0 fully saturated rings. The molecule has 2 nitrogen and oxygen atoms in total. The van der Waals surface area contributed by atoms with Gasteiger partial charge in [0, 0.05) is 17.5 Å². The Morgan fingerprint density at radius 1 is 1.10 bits per heavy atom. The van der Waals surface area contributed by atoms with E-state index in [0.717, 1.165) is 33.9 Å². The number of benzene rings is 2. The van der Waals surface area contributed by atoms with Gasteiger partial charge in [-0.15, -0.1) is 0 Å². The number of halogens is 3. The molecule has 1 unspecified atom stereocenters. The molecule has 1 atom stereocenters. The summed E-state index contributed by atoms with van der Waals surface area (Å²) in [7, 11) is 0. The first-order valence-corrected chi connectivity index (χ1v) is 7.82. The fraction of sp³-hybridized carbons (Fsp3) is 0.250. The van der Waals surface area contributed by atoms with E-state index in [4.69, 9.17) is 45.3 Å². The van der Waals surface area contributed by atoms with Crippen LogP contribution in [0.4, 0.5) is 0 Å². The largest absolute Gasteiger partial charge is 0.493 e. The summed E-state index contributed by atoms with van der Waals surface area (Å²) in [6, 6.07) is 9.15. The van der Waals surface area contributed by atoms with Crippen molar-refractivity contribution in [2.24, 2.45) is 5.73 Å². The minimum atomic E-state index is -0.188. The second kappa shape index (κ2) is 6.05. The van der Waals surface area contributed by atoms with Gasteiger partial charge in [0.25, 0.3) is 0 Å². The predicted octanol–water partition coefficient (Wildman–Crippen LogP) is 4.82. The molecular formula is C16H14Cl3NO. The van der Waals surface area contributed by atoms with Crippen LogP contribution in [0.15, 0.2) is 30.3 Å². The van der Waals surface area contributed by atoms with Crippen LogP contribution < -0.4 is 10.5 Å². The Labute approximate surface area is 138 Å². The Kier molecular flexibility index (Phi) is 4.32. The summed E-state index contributed by atoms with van der Waals surface area (Å²) < 4.78 is 5.70. The van der Waals surface area contributed by atoms with Crippen LogP contribution in [0.5, 0.6) is 5.75 Å². The summed E-state index contributed by atoms with van der Waals surface area (Å²) in [5.74, 6) is 0.926. The normalized spacial score (nSPS) is 14.7. The van der Waals surface area contributed by atoms with E-state index in [1.165, 1.54) is 0 Å². The van der Waals surface area contributed by atoms with Crippen LogP contribution in [0.2, 0.25) is 15.1 Å². The van der Waals surface area contributed by atoms with E-state index >= 15 is 0 Å². The minimum absolute atomic E-state index is 0.188. The molecule has 1 aliphatic rings. The topological polar surface area (TPSA) is 35.2 Å². The number of nitrogens with two attached hydrogens (primary N) is 1. The molecule has 0 bridgehead atoms. The first kappa shape index (κ1) is 15.0. The first-order chi connectivity index (χ1) is 10.0. The molecule has 0 radical (unpaired) electrons. The lowest BCUT2D eigenvalue weighted by atomic mass is 9.97. The molecule has 0 spiro atoms. The summed E-state index contributed by atoms with van der Waals surface area (Å²) in [6.45, 7) is 0.699. The third-order valence-corrected chi connectivity index (χ3v) is 4.59. The van der Waals surface area contributed by atoms with Crippen molar-refractivity contribution in [2.75, 3.05) is 6.61 Å². The summed E-state index contributed by atoms with van der Waals surface area (Å²) in [5, 5.41) is 1.76. The van der Waals surface area contributed by atoms with Crippen LogP contribution in [-0.2, 0) is 12.8 Å². The van der Waals surface area contributed by atoms with E-state index in [1.54, 1.807) is 12.1 Å². The van der Waals surface area contributed by atoms with Crippen molar-refractivity contribution in [1.29, 1.82) is 0 Å². The molecule has 21 heavy (non-hydrogen) atoms. The molecule has 110 valence electrons. The van der Waals surface area contributed by atoms with Gasteiger partial charge in [-0.05, 0) is 47.4 Å². The zero-order chi connectivity index (χ0) is 15.0. The smallest absolute Gasteiger partial charge is 0.125 e. The van der Waals surface area contributed by atoms with Gasteiger partial charge in [-0.1, -0.05) is 40.9 Å². The summed E-state index contributed by atoms with van der Waals surface area (Å²) in [5.41, 5.74) is 9.42. The van der Waals surface area contributed by atoms with E-state index in [-0.39, 0.29) is 6.04 Å². The van der Waals surface area contributed by atoms with Gasteiger partial charge in [0.05, 0.1) is 16.7 Å². The lowest BCUT2D eigenvalue weighted by Gasteiger charge is -2.15. The van der Waals surface area contributed by atoms with Crippen molar-refractivity contribution in [2.45, 2.75) is 18.9 Å². The van der Waals surface area contributed by atoms with Gasteiger partial charge in [0.2, 0.25) is 0 Å². The summed E-state index contributed by atoms with van der Waals surface area (Å²) in [4.78, 5) is 0. The number of hydrogen-bond donors (Lipinski definition) is 1. The highest BCUT2D eigenvalue weighted by Gasteiger charge is 2.20. The molecule has 5 heteroatoms. The molecule has 0 amide bonds. The maximum Gasteiger partial charge on any atom is 0.125 e. The lowest BCUT2D eigenvalue weighted by Crippen LogP contribution is -2.14. The molecule has 0 saturated heterocycles. The average molecular weight is 343 g/mol. The van der Waals surface area contributed by atoms with Crippen LogP contribution in [-0.4, -0.2) is 6.61 Å². The molecule has 1 heterocycles. The van der Waals surface area contributed by atoms with Gasteiger partial charge in [-0.3, -0.25) is 0 Å². The summed E-state index contributed by atoms with van der Waals surface area (Å²) >= 11 is 18.1. The highest BCUT2D eigenvalue weighted by atomic mass is 35.5. The zero-order valence-electron chi connectivity index (χ0n) is 11.2. The Morgan fingerprint density at radius 2 is 1.90 bits per heavy atom. The Morgan fingerprint density at radius 3 is 2.67 bits per heavy atom. The fourth-order valence-electron chi connectivity index (χ4n) is 2.60. The van der Waals surface area contributed by atoms with Gasteiger partial charge in [-0.25, -0.2) is 0 Å². The van der Waals surface area contributed by atoms with Crippen LogP contribution in [0.1, 0.15) is 22.7 Å². The Bertz CT molecular complexity index is 687. The number of hydrogen-bond acceptors (Lipinski definition) is 2. The minimum Gasteiger partial charge on any atom is -0.493 e. The van der Waals surface area contributed by atoms with Crippen LogP contribution >= 0.6 is 34.8 Å². The van der Waals surface area contributed by atoms with Gasteiger partial charge in [-0.2, -0.15) is 0 Å². The molecular weight excluding hydrogens is 329 g/mol. The molecule has 0 aliphatic carbocycles. The van der Waals surface area contributed by atoms with Crippen LogP contribution in [0, 0.1) is 0 Å². The molecule has 2 N–H and O–H groups in total. The molecule has 0 saturated carbocycles. The maximum absolute atomic E-state index is 6.29. The van der Waals surface area contributed by atoms with Gasteiger partial charge >= 0.3 is 0 Å². The molecule has 3 rings (SSSR count). The summed E-state index contributed by atoms with van der Waals surface area (Å²) in [6.07, 6.45) is 1.53. The highest BCUT2D eigenvalue weighted by Crippen LogP contribution is 2.35. The van der Waals surface area contributed by atoms with Crippen molar-refractivity contribution in [3.63, 3.8) is 0 Å². The number of fused-ring (bicyclic) bond motifs is 1. The Hall–Kier alpha value is -0.930. The van der Waals surface area contributed by atoms with Gasteiger partial charge in [0.1, 0.15) is 5.75 Å². The van der Waals surface area contributed by atoms with E-state index in [9.17, 15) is 0 Å². The number of ether oxygens (including phenoxy) is 1. The van der Waals surface area contributed by atoms with Crippen molar-refractivity contribution in [1.82, 2.24) is 0 Å². The third kappa shape index (κ3) is 3.14. The quantitative estimate of drug-likeness (QED) is 0.867. The Balaban J connectivity index is 1.88. The standard InChI is InChI=1S/C16H14Cl3NO/c17-12-5-10-3-4-21-16(10)11(6-12)8-15(20)9-1-2-13(18)14(19)7-9/h1-2,5-7,15H,3-4,8,20H2. The maximum atomic E-state index is 6.29. The number of rotatable bonds is 3. The first-order valence-electron chi connectivity index (χ1n) is 6.69. The zero-order valence-corrected chi connectivity index (χ0v) is 13.5. The fourth-order valence-corrected chi connectivity index (χ4v) is 3.17. The van der Waals surface area contributed by atoms with E-state index < -0.39 is 0 Å². The van der Waals surface area contributed by atoms with Gasteiger partial charge in [0.15, 0.2) is 0 Å². The SMILES string of the molecule is NC(Cc1cc(Cl)cc2c1OCC2)c1ccc(Cl)c(Cl)c1. The highest BCUT2D eigenvalue weighted by molar-refractivity contribution is 6.42. The monoisotopic (exact) mass is 341 g/mol. The van der Waals surface area contributed by atoms with Crippen LogP contribution in [0.25, 0.3) is 0 Å². The predicted molar refractivity (Wildman–Crippen MR) is 87.7 cm³/mol. The lowest BCUT2D eigenvalue weighted by molar-refractivity contribution is 0.352. The molecule has 0 aromatic heterocycles. The second-order valence-electron chi connectivity index (χ2n) is 5.14. The van der Waals surface area contributed by atoms with Crippen molar-refractivity contribution in [3.8, 4) is 5.75 Å². The molecule has 2 aromatic carbocycles.